The minimum absolute atomic E-state index is 0. The molecule has 1 N–H and O–H groups in total. The predicted octanol–water partition coefficient (Wildman–Crippen LogP) is 2.81. The highest BCUT2D eigenvalue weighted by atomic mass is 32.1. The third-order valence-corrected chi connectivity index (χ3v) is 2.15. The van der Waals surface area contributed by atoms with Gasteiger partial charge in [-0.3, -0.25) is 0 Å². The van der Waals surface area contributed by atoms with Crippen LogP contribution in [0, 0.1) is 6.92 Å². The van der Waals surface area contributed by atoms with Crippen molar-refractivity contribution in [2.45, 2.75) is 39.2 Å². The van der Waals surface area contributed by atoms with E-state index in [1.807, 2.05) is 13.8 Å². The van der Waals surface area contributed by atoms with E-state index in [-0.39, 0.29) is 13.5 Å². The monoisotopic (exact) mass is 212 g/mol. The zero-order valence-electron chi connectivity index (χ0n) is 9.17. The van der Waals surface area contributed by atoms with Crippen LogP contribution in [0.4, 0.5) is 0 Å². The van der Waals surface area contributed by atoms with Crippen LogP contribution in [-0.2, 0) is 6.42 Å². The molecule has 0 amide bonds. The van der Waals surface area contributed by atoms with Crippen molar-refractivity contribution in [2.75, 3.05) is 0 Å². The van der Waals surface area contributed by atoms with Gasteiger partial charge in [-0.15, -0.1) is 0 Å². The van der Waals surface area contributed by atoms with Crippen LogP contribution < -0.4 is 0 Å². The molecule has 0 fully saturated rings. The van der Waals surface area contributed by atoms with Crippen molar-refractivity contribution in [1.29, 1.82) is 0 Å². The lowest BCUT2D eigenvalue weighted by Crippen LogP contribution is -2.19. The third kappa shape index (κ3) is 5.30. The molecule has 0 aromatic heterocycles. The Morgan fingerprint density at radius 1 is 1.14 bits per heavy atom. The molecule has 80 valence electrons. The molecule has 14 heavy (non-hydrogen) atoms. The quantitative estimate of drug-likeness (QED) is 0.817. The van der Waals surface area contributed by atoms with Gasteiger partial charge in [0.15, 0.2) is 0 Å². The molecule has 0 radical (unpaired) electrons. The molecule has 1 aromatic carbocycles. The molecule has 2 heteroatoms. The van der Waals surface area contributed by atoms with Gasteiger partial charge in [-0.2, -0.15) is 13.5 Å². The number of aliphatic hydroxyl groups is 1. The fourth-order valence-electron chi connectivity index (χ4n) is 1.20. The summed E-state index contributed by atoms with van der Waals surface area (Å²) in [6.07, 6.45) is 1.76. The zero-order valence-corrected chi connectivity index (χ0v) is 10.2. The van der Waals surface area contributed by atoms with Crippen molar-refractivity contribution in [3.8, 4) is 0 Å². The zero-order chi connectivity index (χ0) is 9.90. The normalized spacial score (nSPS) is 10.9. The Hall–Kier alpha value is -0.470. The summed E-state index contributed by atoms with van der Waals surface area (Å²) in [4.78, 5) is 0. The van der Waals surface area contributed by atoms with E-state index in [1.165, 1.54) is 11.1 Å². The number of rotatable bonds is 3. The summed E-state index contributed by atoms with van der Waals surface area (Å²) in [5.41, 5.74) is 2.03. The van der Waals surface area contributed by atoms with E-state index in [2.05, 4.69) is 31.2 Å². The Morgan fingerprint density at radius 2 is 1.64 bits per heavy atom. The van der Waals surface area contributed by atoms with E-state index in [9.17, 15) is 5.11 Å². The van der Waals surface area contributed by atoms with Crippen molar-refractivity contribution >= 4 is 13.5 Å². The Labute approximate surface area is 93.6 Å². The van der Waals surface area contributed by atoms with E-state index < -0.39 is 5.60 Å². The summed E-state index contributed by atoms with van der Waals surface area (Å²) >= 11 is 0. The fraction of sp³-hybridized carbons (Fsp3) is 0.500. The number of hydrogen-bond acceptors (Lipinski definition) is 1. The maximum atomic E-state index is 9.53. The second kappa shape index (κ2) is 5.42. The lowest BCUT2D eigenvalue weighted by molar-refractivity contribution is 0.0714. The lowest BCUT2D eigenvalue weighted by Gasteiger charge is -2.16. The van der Waals surface area contributed by atoms with Crippen LogP contribution in [0.1, 0.15) is 31.4 Å². The van der Waals surface area contributed by atoms with Gasteiger partial charge in [0.05, 0.1) is 5.60 Å². The second-order valence-corrected chi connectivity index (χ2v) is 4.30. The van der Waals surface area contributed by atoms with Gasteiger partial charge in [0, 0.05) is 0 Å². The molecular formula is C12H20OS. The maximum Gasteiger partial charge on any atom is 0.0594 e. The largest absolute Gasteiger partial charge is 0.390 e. The SMILES string of the molecule is Cc1ccc(CCC(C)(C)O)cc1.S. The molecule has 0 aliphatic carbocycles. The van der Waals surface area contributed by atoms with Crippen molar-refractivity contribution in [1.82, 2.24) is 0 Å². The smallest absolute Gasteiger partial charge is 0.0594 e. The van der Waals surface area contributed by atoms with Crippen LogP contribution in [0.5, 0.6) is 0 Å². The highest BCUT2D eigenvalue weighted by Crippen LogP contribution is 2.13. The van der Waals surface area contributed by atoms with Gasteiger partial charge in [-0.1, -0.05) is 29.8 Å². The van der Waals surface area contributed by atoms with Crippen LogP contribution in [-0.4, -0.2) is 10.7 Å². The number of aryl methyl sites for hydroxylation is 2. The van der Waals surface area contributed by atoms with Crippen LogP contribution in [0.15, 0.2) is 24.3 Å². The third-order valence-electron chi connectivity index (χ3n) is 2.15. The average molecular weight is 212 g/mol. The highest BCUT2D eigenvalue weighted by molar-refractivity contribution is 7.59. The van der Waals surface area contributed by atoms with Crippen LogP contribution in [0.25, 0.3) is 0 Å². The van der Waals surface area contributed by atoms with Crippen LogP contribution in [0.2, 0.25) is 0 Å². The molecule has 0 unspecified atom stereocenters. The van der Waals surface area contributed by atoms with Gasteiger partial charge in [-0.05, 0) is 39.2 Å². The standard InChI is InChI=1S/C12H18O.H2S/c1-10-4-6-11(7-5-10)8-9-12(2,3)13;/h4-7,13H,8-9H2,1-3H3;1H2. The molecular weight excluding hydrogens is 192 g/mol. The first-order chi connectivity index (χ1) is 5.97. The topological polar surface area (TPSA) is 20.2 Å². The molecule has 0 aliphatic heterocycles. The summed E-state index contributed by atoms with van der Waals surface area (Å²) < 4.78 is 0. The Balaban J connectivity index is 0.00000169. The van der Waals surface area contributed by atoms with Gasteiger partial charge < -0.3 is 5.11 Å². The Morgan fingerprint density at radius 3 is 2.07 bits per heavy atom. The lowest BCUT2D eigenvalue weighted by atomic mass is 9.98. The Bertz CT molecular complexity index is 259. The average Bonchev–Trinajstić information content (AvgIpc) is 2.02. The van der Waals surface area contributed by atoms with Crippen LogP contribution in [0.3, 0.4) is 0 Å². The minimum Gasteiger partial charge on any atom is -0.390 e. The summed E-state index contributed by atoms with van der Waals surface area (Å²) in [6.45, 7) is 5.78. The van der Waals surface area contributed by atoms with Crippen molar-refractivity contribution < 1.29 is 5.11 Å². The number of benzene rings is 1. The number of hydrogen-bond donors (Lipinski definition) is 1. The first-order valence-electron chi connectivity index (χ1n) is 4.75. The van der Waals surface area contributed by atoms with Gasteiger partial charge in [0.25, 0.3) is 0 Å². The minimum atomic E-state index is -0.551. The molecule has 0 aliphatic rings. The summed E-state index contributed by atoms with van der Waals surface area (Å²) in [6, 6.07) is 8.47. The highest BCUT2D eigenvalue weighted by Gasteiger charge is 2.11. The first kappa shape index (κ1) is 13.5. The van der Waals surface area contributed by atoms with E-state index >= 15 is 0 Å². The molecule has 0 saturated heterocycles. The van der Waals surface area contributed by atoms with Crippen molar-refractivity contribution in [3.63, 3.8) is 0 Å². The second-order valence-electron chi connectivity index (χ2n) is 4.30. The van der Waals surface area contributed by atoms with E-state index in [0.717, 1.165) is 12.8 Å². The van der Waals surface area contributed by atoms with Gasteiger partial charge in [-0.25, -0.2) is 0 Å². The molecule has 0 bridgehead atoms. The van der Waals surface area contributed by atoms with E-state index in [0.29, 0.717) is 0 Å². The molecule has 1 aromatic rings. The van der Waals surface area contributed by atoms with Crippen molar-refractivity contribution in [2.24, 2.45) is 0 Å². The molecule has 0 heterocycles. The molecule has 0 saturated carbocycles. The van der Waals surface area contributed by atoms with Crippen LogP contribution >= 0.6 is 13.5 Å². The van der Waals surface area contributed by atoms with Gasteiger partial charge in [0.1, 0.15) is 0 Å². The Kier molecular flexibility index (Phi) is 5.24. The van der Waals surface area contributed by atoms with E-state index in [1.54, 1.807) is 0 Å². The summed E-state index contributed by atoms with van der Waals surface area (Å²) in [7, 11) is 0. The summed E-state index contributed by atoms with van der Waals surface area (Å²) in [5.74, 6) is 0. The molecule has 1 nitrogen and oxygen atoms in total. The van der Waals surface area contributed by atoms with Gasteiger partial charge >= 0.3 is 0 Å². The molecule has 0 atom stereocenters. The first-order valence-corrected chi connectivity index (χ1v) is 4.75. The summed E-state index contributed by atoms with van der Waals surface area (Å²) in [5, 5.41) is 9.53. The fourth-order valence-corrected chi connectivity index (χ4v) is 1.20. The molecule has 0 spiro atoms. The van der Waals surface area contributed by atoms with E-state index in [4.69, 9.17) is 0 Å². The van der Waals surface area contributed by atoms with Crippen molar-refractivity contribution in [3.05, 3.63) is 35.4 Å². The van der Waals surface area contributed by atoms with Gasteiger partial charge in [0.2, 0.25) is 0 Å². The maximum absolute atomic E-state index is 9.53. The predicted molar refractivity (Wildman–Crippen MR) is 66.2 cm³/mol. The molecule has 1 rings (SSSR count).